The number of hydrogen-bond acceptors (Lipinski definition) is 3. The fourth-order valence-electron chi connectivity index (χ4n) is 2.15. The Hall–Kier alpha value is -1.27. The van der Waals surface area contributed by atoms with Gasteiger partial charge in [-0.3, -0.25) is 4.90 Å². The summed E-state index contributed by atoms with van der Waals surface area (Å²) >= 11 is 0. The molecule has 1 heterocycles. The standard InChI is InChI=1S/C13H17F3N2O/c1-10-8-17-6-7-18(10)9-11-2-4-12(5-3-11)19-13(14,15)16/h2-5,10,17H,6-9H2,1H3/t10-/m1/s1. The molecule has 0 spiro atoms. The third-order valence-electron chi connectivity index (χ3n) is 3.18. The summed E-state index contributed by atoms with van der Waals surface area (Å²) in [7, 11) is 0. The number of alkyl halides is 3. The Balaban J connectivity index is 1.94. The van der Waals surface area contributed by atoms with Crippen LogP contribution in [0.5, 0.6) is 5.75 Å². The summed E-state index contributed by atoms with van der Waals surface area (Å²) in [5.74, 6) is -0.176. The van der Waals surface area contributed by atoms with Crippen molar-refractivity contribution in [3.05, 3.63) is 29.8 Å². The minimum Gasteiger partial charge on any atom is -0.406 e. The zero-order chi connectivity index (χ0) is 13.9. The average molecular weight is 274 g/mol. The molecule has 1 saturated heterocycles. The highest BCUT2D eigenvalue weighted by molar-refractivity contribution is 5.27. The second-order valence-electron chi connectivity index (χ2n) is 4.72. The molecule has 0 bridgehead atoms. The summed E-state index contributed by atoms with van der Waals surface area (Å²) in [6.07, 6.45) is -4.63. The van der Waals surface area contributed by atoms with Crippen molar-refractivity contribution < 1.29 is 17.9 Å². The van der Waals surface area contributed by atoms with Crippen LogP contribution in [0.3, 0.4) is 0 Å². The highest BCUT2D eigenvalue weighted by atomic mass is 19.4. The number of benzene rings is 1. The van der Waals surface area contributed by atoms with Gasteiger partial charge in [0.2, 0.25) is 0 Å². The molecule has 3 nitrogen and oxygen atoms in total. The van der Waals surface area contributed by atoms with Gasteiger partial charge in [-0.25, -0.2) is 0 Å². The van der Waals surface area contributed by atoms with Gasteiger partial charge in [0.05, 0.1) is 0 Å². The molecular formula is C13H17F3N2O. The van der Waals surface area contributed by atoms with Crippen LogP contribution >= 0.6 is 0 Å². The lowest BCUT2D eigenvalue weighted by Crippen LogP contribution is -2.49. The van der Waals surface area contributed by atoms with E-state index in [1.165, 1.54) is 12.1 Å². The molecule has 2 rings (SSSR count). The second kappa shape index (κ2) is 5.79. The zero-order valence-corrected chi connectivity index (χ0v) is 10.7. The molecule has 1 aliphatic heterocycles. The van der Waals surface area contributed by atoms with E-state index >= 15 is 0 Å². The van der Waals surface area contributed by atoms with Gasteiger partial charge in [0.15, 0.2) is 0 Å². The molecule has 1 aliphatic rings. The maximum Gasteiger partial charge on any atom is 0.573 e. The average Bonchev–Trinajstić information content (AvgIpc) is 2.33. The molecule has 0 aliphatic carbocycles. The van der Waals surface area contributed by atoms with Crippen molar-refractivity contribution in [3.8, 4) is 5.75 Å². The predicted octanol–water partition coefficient (Wildman–Crippen LogP) is 2.38. The van der Waals surface area contributed by atoms with E-state index in [4.69, 9.17) is 0 Å². The van der Waals surface area contributed by atoms with Crippen molar-refractivity contribution in [2.75, 3.05) is 19.6 Å². The number of rotatable bonds is 3. The fraction of sp³-hybridized carbons (Fsp3) is 0.538. The van der Waals surface area contributed by atoms with E-state index in [1.807, 2.05) is 0 Å². The summed E-state index contributed by atoms with van der Waals surface area (Å²) < 4.78 is 39.9. The van der Waals surface area contributed by atoms with Crippen LogP contribution in [0.15, 0.2) is 24.3 Å². The Labute approximate surface area is 110 Å². The molecule has 106 valence electrons. The topological polar surface area (TPSA) is 24.5 Å². The Morgan fingerprint density at radius 1 is 1.32 bits per heavy atom. The van der Waals surface area contributed by atoms with Crippen molar-refractivity contribution in [2.24, 2.45) is 0 Å². The third-order valence-corrected chi connectivity index (χ3v) is 3.18. The van der Waals surface area contributed by atoms with Crippen LogP contribution < -0.4 is 10.1 Å². The van der Waals surface area contributed by atoms with Gasteiger partial charge in [-0.05, 0) is 24.6 Å². The van der Waals surface area contributed by atoms with Crippen molar-refractivity contribution in [1.29, 1.82) is 0 Å². The molecule has 1 aromatic carbocycles. The van der Waals surface area contributed by atoms with Crippen LogP contribution in [-0.4, -0.2) is 36.9 Å². The minimum atomic E-state index is -4.63. The van der Waals surface area contributed by atoms with Crippen LogP contribution in [0.4, 0.5) is 13.2 Å². The van der Waals surface area contributed by atoms with Gasteiger partial charge in [0.25, 0.3) is 0 Å². The van der Waals surface area contributed by atoms with Crippen molar-refractivity contribution in [2.45, 2.75) is 25.9 Å². The minimum absolute atomic E-state index is 0.176. The molecule has 0 aromatic heterocycles. The molecule has 1 aromatic rings. The van der Waals surface area contributed by atoms with Gasteiger partial charge in [-0.2, -0.15) is 0 Å². The van der Waals surface area contributed by atoms with Crippen LogP contribution in [0.25, 0.3) is 0 Å². The highest BCUT2D eigenvalue weighted by Gasteiger charge is 2.31. The molecule has 1 fully saturated rings. The van der Waals surface area contributed by atoms with E-state index in [2.05, 4.69) is 21.9 Å². The number of nitrogens with one attached hydrogen (secondary N) is 1. The van der Waals surface area contributed by atoms with Gasteiger partial charge in [0, 0.05) is 32.2 Å². The molecule has 6 heteroatoms. The molecule has 0 unspecified atom stereocenters. The number of ether oxygens (including phenoxy) is 1. The third kappa shape index (κ3) is 4.40. The summed E-state index contributed by atoms with van der Waals surface area (Å²) in [6.45, 7) is 5.71. The predicted molar refractivity (Wildman–Crippen MR) is 65.9 cm³/mol. The quantitative estimate of drug-likeness (QED) is 0.916. The molecule has 1 atom stereocenters. The van der Waals surface area contributed by atoms with Gasteiger partial charge in [0.1, 0.15) is 5.75 Å². The van der Waals surface area contributed by atoms with E-state index in [-0.39, 0.29) is 5.75 Å². The van der Waals surface area contributed by atoms with Crippen LogP contribution in [-0.2, 0) is 6.54 Å². The largest absolute Gasteiger partial charge is 0.573 e. The Bertz CT molecular complexity index is 405. The maximum absolute atomic E-state index is 12.0. The lowest BCUT2D eigenvalue weighted by molar-refractivity contribution is -0.274. The molecule has 0 amide bonds. The second-order valence-corrected chi connectivity index (χ2v) is 4.72. The van der Waals surface area contributed by atoms with Gasteiger partial charge < -0.3 is 10.1 Å². The number of hydrogen-bond donors (Lipinski definition) is 1. The van der Waals surface area contributed by atoms with Crippen LogP contribution in [0, 0.1) is 0 Å². The van der Waals surface area contributed by atoms with Gasteiger partial charge >= 0.3 is 6.36 Å². The first-order valence-corrected chi connectivity index (χ1v) is 6.23. The first-order valence-electron chi connectivity index (χ1n) is 6.23. The fourth-order valence-corrected chi connectivity index (χ4v) is 2.15. The molecule has 0 saturated carbocycles. The summed E-state index contributed by atoms with van der Waals surface area (Å²) in [5, 5.41) is 3.30. The molecule has 1 N–H and O–H groups in total. The monoisotopic (exact) mass is 274 g/mol. The van der Waals surface area contributed by atoms with Crippen LogP contribution in [0.2, 0.25) is 0 Å². The van der Waals surface area contributed by atoms with E-state index in [1.54, 1.807) is 12.1 Å². The van der Waals surface area contributed by atoms with Gasteiger partial charge in [-0.15, -0.1) is 13.2 Å². The van der Waals surface area contributed by atoms with E-state index in [0.29, 0.717) is 6.04 Å². The van der Waals surface area contributed by atoms with E-state index < -0.39 is 6.36 Å². The SMILES string of the molecule is C[C@@H]1CNCCN1Cc1ccc(OC(F)(F)F)cc1. The summed E-state index contributed by atoms with van der Waals surface area (Å²) in [6, 6.07) is 6.50. The Kier molecular flexibility index (Phi) is 4.31. The van der Waals surface area contributed by atoms with Gasteiger partial charge in [-0.1, -0.05) is 12.1 Å². The molecule has 19 heavy (non-hydrogen) atoms. The van der Waals surface area contributed by atoms with E-state index in [9.17, 15) is 13.2 Å². The van der Waals surface area contributed by atoms with Crippen LogP contribution in [0.1, 0.15) is 12.5 Å². The Morgan fingerprint density at radius 3 is 2.58 bits per heavy atom. The summed E-state index contributed by atoms with van der Waals surface area (Å²) in [5.41, 5.74) is 0.989. The van der Waals surface area contributed by atoms with E-state index in [0.717, 1.165) is 31.7 Å². The normalized spacial score (nSPS) is 21.4. The first-order chi connectivity index (χ1) is 8.94. The van der Waals surface area contributed by atoms with Crippen molar-refractivity contribution in [3.63, 3.8) is 0 Å². The lowest BCUT2D eigenvalue weighted by atomic mass is 10.1. The smallest absolute Gasteiger partial charge is 0.406 e. The summed E-state index contributed by atoms with van der Waals surface area (Å²) in [4.78, 5) is 2.30. The van der Waals surface area contributed by atoms with Crippen molar-refractivity contribution >= 4 is 0 Å². The highest BCUT2D eigenvalue weighted by Crippen LogP contribution is 2.23. The zero-order valence-electron chi connectivity index (χ0n) is 10.7. The maximum atomic E-state index is 12.0. The number of halogens is 3. The first kappa shape index (κ1) is 14.1. The number of piperazine rings is 1. The Morgan fingerprint density at radius 2 is 2.00 bits per heavy atom. The molecule has 0 radical (unpaired) electrons. The molecular weight excluding hydrogens is 257 g/mol. The lowest BCUT2D eigenvalue weighted by Gasteiger charge is -2.33. The van der Waals surface area contributed by atoms with Crippen molar-refractivity contribution in [1.82, 2.24) is 10.2 Å². The number of nitrogens with zero attached hydrogens (tertiary/aromatic N) is 1.